The zero-order chi connectivity index (χ0) is 10.6. The van der Waals surface area contributed by atoms with Crippen LogP contribution in [0.2, 0.25) is 0 Å². The van der Waals surface area contributed by atoms with Crippen molar-refractivity contribution in [2.24, 2.45) is 0 Å². The average Bonchev–Trinajstić information content (AvgIpc) is 2.53. The van der Waals surface area contributed by atoms with E-state index in [1.807, 2.05) is 0 Å². The third-order valence-electron chi connectivity index (χ3n) is 1.62. The fourth-order valence-corrected chi connectivity index (χ4v) is 1.12. The predicted octanol–water partition coefficient (Wildman–Crippen LogP) is -0.911. The van der Waals surface area contributed by atoms with Crippen molar-refractivity contribution in [3.8, 4) is 0 Å². The summed E-state index contributed by atoms with van der Waals surface area (Å²) >= 11 is 0. The Labute approximate surface area is 80.9 Å². The number of aliphatic hydroxyl groups is 1. The first kappa shape index (κ1) is 10.6. The second-order valence-corrected chi connectivity index (χ2v) is 3.19. The Morgan fingerprint density at radius 3 is 2.86 bits per heavy atom. The van der Waals surface area contributed by atoms with Gasteiger partial charge >= 0.3 is 0 Å². The first-order valence-electron chi connectivity index (χ1n) is 4.32. The van der Waals surface area contributed by atoms with E-state index in [-0.39, 0.29) is 11.9 Å². The molecular weight excluding hydrogens is 186 g/mol. The lowest BCUT2D eigenvalue weighted by Gasteiger charge is -2.13. The molecule has 0 aliphatic carbocycles. The number of H-pyrrole nitrogens is 1. The van der Waals surface area contributed by atoms with Gasteiger partial charge < -0.3 is 10.4 Å². The van der Waals surface area contributed by atoms with Crippen molar-refractivity contribution < 1.29 is 9.90 Å². The van der Waals surface area contributed by atoms with Crippen LogP contribution in [0.5, 0.6) is 0 Å². The number of tetrazole rings is 1. The molecule has 1 heterocycles. The third kappa shape index (κ3) is 3.09. The van der Waals surface area contributed by atoms with Crippen LogP contribution in [0.4, 0.5) is 0 Å². The maximum atomic E-state index is 11.3. The summed E-state index contributed by atoms with van der Waals surface area (Å²) in [6.07, 6.45) is 0.0411. The van der Waals surface area contributed by atoms with Gasteiger partial charge in [0.05, 0.1) is 6.10 Å². The SMILES string of the molecule is CC(O)CC(C)NC(=O)c1nn[nH]n1. The first-order chi connectivity index (χ1) is 6.59. The molecule has 78 valence electrons. The van der Waals surface area contributed by atoms with Crippen molar-refractivity contribution in [3.63, 3.8) is 0 Å². The standard InChI is InChI=1S/C7H13N5O2/c1-4(3-5(2)13)8-7(14)6-9-11-12-10-6/h4-5,13H,3H2,1-2H3,(H,8,14)(H,9,10,11,12). The highest BCUT2D eigenvalue weighted by Gasteiger charge is 2.14. The molecule has 0 radical (unpaired) electrons. The Morgan fingerprint density at radius 2 is 2.36 bits per heavy atom. The van der Waals surface area contributed by atoms with E-state index in [0.717, 1.165) is 0 Å². The van der Waals surface area contributed by atoms with Crippen molar-refractivity contribution in [1.29, 1.82) is 0 Å². The molecule has 2 atom stereocenters. The summed E-state index contributed by atoms with van der Waals surface area (Å²) < 4.78 is 0. The maximum absolute atomic E-state index is 11.3. The predicted molar refractivity (Wildman–Crippen MR) is 47.4 cm³/mol. The van der Waals surface area contributed by atoms with Crippen molar-refractivity contribution >= 4 is 5.91 Å². The molecule has 1 rings (SSSR count). The molecule has 7 heteroatoms. The third-order valence-corrected chi connectivity index (χ3v) is 1.62. The minimum atomic E-state index is -0.449. The topological polar surface area (TPSA) is 104 Å². The summed E-state index contributed by atoms with van der Waals surface area (Å²) in [5.74, 6) is -0.394. The maximum Gasteiger partial charge on any atom is 0.293 e. The molecule has 0 bridgehead atoms. The van der Waals surface area contributed by atoms with E-state index in [4.69, 9.17) is 5.11 Å². The molecule has 14 heavy (non-hydrogen) atoms. The molecule has 2 unspecified atom stereocenters. The molecular formula is C7H13N5O2. The molecule has 0 aliphatic heterocycles. The Balaban J connectivity index is 2.41. The van der Waals surface area contributed by atoms with Crippen LogP contribution < -0.4 is 5.32 Å². The van der Waals surface area contributed by atoms with Crippen LogP contribution in [0.15, 0.2) is 0 Å². The van der Waals surface area contributed by atoms with Crippen molar-refractivity contribution in [1.82, 2.24) is 25.9 Å². The number of rotatable bonds is 4. The number of amides is 1. The zero-order valence-corrected chi connectivity index (χ0v) is 8.06. The highest BCUT2D eigenvalue weighted by atomic mass is 16.3. The highest BCUT2D eigenvalue weighted by Crippen LogP contribution is 1.97. The average molecular weight is 199 g/mol. The Kier molecular flexibility index (Phi) is 3.52. The van der Waals surface area contributed by atoms with E-state index in [0.29, 0.717) is 6.42 Å². The quantitative estimate of drug-likeness (QED) is 0.582. The van der Waals surface area contributed by atoms with E-state index in [9.17, 15) is 4.79 Å². The number of carbonyl (C=O) groups is 1. The summed E-state index contributed by atoms with van der Waals surface area (Å²) in [7, 11) is 0. The molecule has 1 amide bonds. The van der Waals surface area contributed by atoms with Gasteiger partial charge in [-0.05, 0) is 25.5 Å². The molecule has 3 N–H and O–H groups in total. The van der Waals surface area contributed by atoms with Gasteiger partial charge in [0.1, 0.15) is 0 Å². The molecule has 0 fully saturated rings. The largest absolute Gasteiger partial charge is 0.393 e. The first-order valence-corrected chi connectivity index (χ1v) is 4.32. The summed E-state index contributed by atoms with van der Waals surface area (Å²) in [6.45, 7) is 3.46. The molecule has 1 aromatic heterocycles. The number of nitrogens with one attached hydrogen (secondary N) is 2. The van der Waals surface area contributed by atoms with Crippen molar-refractivity contribution in [3.05, 3.63) is 5.82 Å². The minimum absolute atomic E-state index is 0.00226. The summed E-state index contributed by atoms with van der Waals surface area (Å²) in [5.41, 5.74) is 0. The zero-order valence-electron chi connectivity index (χ0n) is 8.06. The number of aliphatic hydroxyl groups excluding tert-OH is 1. The fourth-order valence-electron chi connectivity index (χ4n) is 1.12. The van der Waals surface area contributed by atoms with Crippen LogP contribution in [0.3, 0.4) is 0 Å². The van der Waals surface area contributed by atoms with Gasteiger partial charge in [-0.15, -0.1) is 10.2 Å². The van der Waals surface area contributed by atoms with Gasteiger partial charge in [0.2, 0.25) is 0 Å². The fraction of sp³-hybridized carbons (Fsp3) is 0.714. The van der Waals surface area contributed by atoms with E-state index >= 15 is 0 Å². The van der Waals surface area contributed by atoms with E-state index < -0.39 is 12.0 Å². The van der Waals surface area contributed by atoms with Crippen LogP contribution in [-0.2, 0) is 0 Å². The molecule has 0 saturated carbocycles. The van der Waals surface area contributed by atoms with Gasteiger partial charge in [-0.3, -0.25) is 4.79 Å². The lowest BCUT2D eigenvalue weighted by molar-refractivity contribution is 0.0912. The van der Waals surface area contributed by atoms with Gasteiger partial charge in [0.25, 0.3) is 11.7 Å². The Morgan fingerprint density at radius 1 is 1.64 bits per heavy atom. The summed E-state index contributed by atoms with van der Waals surface area (Å²) in [6, 6.07) is -0.124. The number of nitrogens with zero attached hydrogens (tertiary/aromatic N) is 3. The molecule has 0 aromatic carbocycles. The summed E-state index contributed by atoms with van der Waals surface area (Å²) in [5, 5.41) is 24.2. The van der Waals surface area contributed by atoms with E-state index in [1.54, 1.807) is 13.8 Å². The smallest absolute Gasteiger partial charge is 0.293 e. The second kappa shape index (κ2) is 4.66. The van der Waals surface area contributed by atoms with Crippen LogP contribution in [0.25, 0.3) is 0 Å². The van der Waals surface area contributed by atoms with Crippen molar-refractivity contribution in [2.75, 3.05) is 0 Å². The van der Waals surface area contributed by atoms with Crippen LogP contribution >= 0.6 is 0 Å². The molecule has 0 aliphatic rings. The van der Waals surface area contributed by atoms with E-state index in [2.05, 4.69) is 25.9 Å². The normalized spacial score (nSPS) is 14.8. The highest BCUT2D eigenvalue weighted by molar-refractivity contribution is 5.90. The monoisotopic (exact) mass is 199 g/mol. The Hall–Kier alpha value is -1.50. The van der Waals surface area contributed by atoms with Gasteiger partial charge in [-0.2, -0.15) is 5.21 Å². The lowest BCUT2D eigenvalue weighted by Crippen LogP contribution is -2.35. The number of hydrogen-bond acceptors (Lipinski definition) is 5. The molecule has 0 spiro atoms. The number of hydrogen-bond donors (Lipinski definition) is 3. The van der Waals surface area contributed by atoms with Gasteiger partial charge in [-0.1, -0.05) is 0 Å². The molecule has 7 nitrogen and oxygen atoms in total. The lowest BCUT2D eigenvalue weighted by atomic mass is 10.1. The number of aromatic nitrogens is 4. The Bertz CT molecular complexity index is 284. The number of carbonyl (C=O) groups excluding carboxylic acids is 1. The van der Waals surface area contributed by atoms with Crippen molar-refractivity contribution in [2.45, 2.75) is 32.4 Å². The van der Waals surface area contributed by atoms with Gasteiger partial charge in [-0.25, -0.2) is 0 Å². The van der Waals surface area contributed by atoms with Crippen LogP contribution in [0.1, 0.15) is 30.9 Å². The number of aromatic amines is 1. The second-order valence-electron chi connectivity index (χ2n) is 3.19. The molecule has 0 saturated heterocycles. The summed E-state index contributed by atoms with van der Waals surface area (Å²) in [4.78, 5) is 11.3. The van der Waals surface area contributed by atoms with Gasteiger partial charge in [0.15, 0.2) is 0 Å². The van der Waals surface area contributed by atoms with E-state index in [1.165, 1.54) is 0 Å². The van der Waals surface area contributed by atoms with Crippen LogP contribution in [0, 0.1) is 0 Å². The minimum Gasteiger partial charge on any atom is -0.393 e. The molecule has 1 aromatic rings. The van der Waals surface area contributed by atoms with Gasteiger partial charge in [0, 0.05) is 6.04 Å². The van der Waals surface area contributed by atoms with Crippen LogP contribution in [-0.4, -0.2) is 43.8 Å².